The van der Waals surface area contributed by atoms with Crippen LogP contribution in [0.2, 0.25) is 0 Å². The molecule has 1 aliphatic carbocycles. The molecule has 2 aliphatic rings. The van der Waals surface area contributed by atoms with E-state index in [1.807, 2.05) is 55.6 Å². The summed E-state index contributed by atoms with van der Waals surface area (Å²) in [4.78, 5) is 28.1. The van der Waals surface area contributed by atoms with E-state index in [-0.39, 0.29) is 18.3 Å². The molecule has 0 amide bonds. The van der Waals surface area contributed by atoms with Crippen molar-refractivity contribution in [3.8, 4) is 11.5 Å². The van der Waals surface area contributed by atoms with Crippen molar-refractivity contribution in [2.45, 2.75) is 36.5 Å². The van der Waals surface area contributed by atoms with Crippen LogP contribution in [0.4, 0.5) is 0 Å². The van der Waals surface area contributed by atoms with Gasteiger partial charge in [0, 0.05) is 41.3 Å². The van der Waals surface area contributed by atoms with E-state index in [0.717, 1.165) is 21.7 Å². The van der Waals surface area contributed by atoms with Crippen LogP contribution < -0.4 is 14.8 Å². The van der Waals surface area contributed by atoms with Crippen molar-refractivity contribution in [3.63, 3.8) is 0 Å². The topological polar surface area (TPSA) is 83.1 Å². The van der Waals surface area contributed by atoms with Crippen molar-refractivity contribution in [3.05, 3.63) is 76.1 Å². The Morgan fingerprint density at radius 1 is 0.973 bits per heavy atom. The molecule has 0 radical (unpaired) electrons. The lowest BCUT2D eigenvalue weighted by Crippen LogP contribution is -2.36. The second kappa shape index (κ2) is 11.9. The third kappa shape index (κ3) is 5.55. The first-order valence-corrected chi connectivity index (χ1v) is 13.4. The maximum absolute atomic E-state index is 13.8. The van der Waals surface area contributed by atoms with Gasteiger partial charge in [-0.3, -0.25) is 4.79 Å². The van der Waals surface area contributed by atoms with Crippen LogP contribution in [0.15, 0.2) is 69.9 Å². The summed E-state index contributed by atoms with van der Waals surface area (Å²) in [6.45, 7) is 2.31. The molecule has 37 heavy (non-hydrogen) atoms. The number of carbonyl (C=O) groups excluding carboxylic acids is 2. The van der Waals surface area contributed by atoms with E-state index < -0.39 is 11.9 Å². The van der Waals surface area contributed by atoms with E-state index in [2.05, 4.69) is 5.32 Å². The Hall–Kier alpha value is -3.23. The number of hydrogen-bond acceptors (Lipinski definition) is 8. The summed E-state index contributed by atoms with van der Waals surface area (Å²) in [6.07, 6.45) is 2.99. The van der Waals surface area contributed by atoms with Crippen molar-refractivity contribution in [2.75, 3.05) is 40.8 Å². The van der Waals surface area contributed by atoms with Gasteiger partial charge in [-0.05, 0) is 60.9 Å². The quantitative estimate of drug-likeness (QED) is 0.280. The smallest absolute Gasteiger partial charge is 0.336 e. The number of thioether (sulfide) groups is 1. The first-order chi connectivity index (χ1) is 17.9. The maximum Gasteiger partial charge on any atom is 0.336 e. The average Bonchev–Trinajstić information content (AvgIpc) is 2.91. The number of ketones is 1. The van der Waals surface area contributed by atoms with Crippen molar-refractivity contribution in [2.24, 2.45) is 0 Å². The van der Waals surface area contributed by atoms with Crippen molar-refractivity contribution in [1.29, 1.82) is 0 Å². The van der Waals surface area contributed by atoms with Gasteiger partial charge in [-0.2, -0.15) is 0 Å². The Labute approximate surface area is 222 Å². The first-order valence-electron chi connectivity index (χ1n) is 12.2. The number of dihydropyridines is 1. The summed E-state index contributed by atoms with van der Waals surface area (Å²) in [5, 5.41) is 3.39. The third-order valence-electron chi connectivity index (χ3n) is 6.90. The van der Waals surface area contributed by atoms with Crippen molar-refractivity contribution < 1.29 is 28.5 Å². The second-order valence-electron chi connectivity index (χ2n) is 9.03. The molecule has 2 atom stereocenters. The molecule has 7 nitrogen and oxygen atoms in total. The van der Waals surface area contributed by atoms with Gasteiger partial charge in [0.15, 0.2) is 17.3 Å². The number of allylic oxidation sites excluding steroid dienone is 3. The highest BCUT2D eigenvalue weighted by molar-refractivity contribution is 7.98. The van der Waals surface area contributed by atoms with Gasteiger partial charge in [0.1, 0.15) is 6.61 Å². The van der Waals surface area contributed by atoms with Gasteiger partial charge in [-0.15, -0.1) is 11.8 Å². The summed E-state index contributed by atoms with van der Waals surface area (Å²) < 4.78 is 21.4. The second-order valence-corrected chi connectivity index (χ2v) is 9.91. The molecule has 196 valence electrons. The number of ether oxygens (including phenoxy) is 4. The number of methoxy groups -OCH3 is 3. The van der Waals surface area contributed by atoms with Gasteiger partial charge >= 0.3 is 5.97 Å². The normalized spacial score (nSPS) is 19.3. The van der Waals surface area contributed by atoms with Crippen LogP contribution in [0.25, 0.3) is 0 Å². The molecule has 0 spiro atoms. The standard InChI is InChI=1S/C29H33NO6S/c1-17-26(29(32)36-13-12-33-2)27(18-6-9-21(37-5)10-7-18)28-22(30-17)14-20(15-23(28)31)19-8-11-24(34-3)25(16-19)35-4/h6-11,16,20,27,30H,12-15H2,1-5H3/t20-,27+/m1/s1. The largest absolute Gasteiger partial charge is 0.493 e. The molecule has 1 aliphatic heterocycles. The SMILES string of the molecule is COCCOC(=O)C1=C(C)NC2=C(C(=O)C[C@H](c3ccc(OC)c(OC)c3)C2)[C@H]1c1ccc(SC)cc1. The molecule has 1 N–H and O–H groups in total. The molecule has 8 heteroatoms. The molecule has 0 aromatic heterocycles. The van der Waals surface area contributed by atoms with Gasteiger partial charge < -0.3 is 24.3 Å². The zero-order valence-corrected chi connectivity index (χ0v) is 22.7. The number of rotatable bonds is 9. The van der Waals surface area contributed by atoms with Crippen LogP contribution in [0.5, 0.6) is 11.5 Å². The number of hydrogen-bond donors (Lipinski definition) is 1. The average molecular weight is 524 g/mol. The van der Waals surface area contributed by atoms with Gasteiger partial charge in [0.05, 0.1) is 26.4 Å². The number of esters is 1. The minimum Gasteiger partial charge on any atom is -0.493 e. The molecule has 0 bridgehead atoms. The fraction of sp³-hybridized carbons (Fsp3) is 0.379. The molecule has 2 aromatic rings. The van der Waals surface area contributed by atoms with Gasteiger partial charge in [0.25, 0.3) is 0 Å². The molecule has 1 heterocycles. The van der Waals surface area contributed by atoms with E-state index in [1.54, 1.807) is 33.1 Å². The minimum atomic E-state index is -0.499. The van der Waals surface area contributed by atoms with E-state index in [9.17, 15) is 9.59 Å². The summed E-state index contributed by atoms with van der Waals surface area (Å²) in [5.41, 5.74) is 4.54. The fourth-order valence-corrected chi connectivity index (χ4v) is 5.49. The molecular weight excluding hydrogens is 490 g/mol. The van der Waals surface area contributed by atoms with E-state index in [1.165, 1.54) is 0 Å². The number of benzene rings is 2. The summed E-state index contributed by atoms with van der Waals surface area (Å²) in [6, 6.07) is 13.8. The molecule has 2 aromatic carbocycles. The van der Waals surface area contributed by atoms with Crippen LogP contribution in [0.3, 0.4) is 0 Å². The first kappa shape index (κ1) is 26.8. The lowest BCUT2D eigenvalue weighted by atomic mass is 9.71. The highest BCUT2D eigenvalue weighted by Crippen LogP contribution is 2.46. The molecule has 0 fully saturated rings. The fourth-order valence-electron chi connectivity index (χ4n) is 5.08. The van der Waals surface area contributed by atoms with Gasteiger partial charge in [-0.1, -0.05) is 18.2 Å². The van der Waals surface area contributed by atoms with Gasteiger partial charge in [-0.25, -0.2) is 4.79 Å². The molecule has 0 unspecified atom stereocenters. The Kier molecular flexibility index (Phi) is 8.61. The molecule has 0 saturated carbocycles. The predicted molar refractivity (Wildman–Crippen MR) is 143 cm³/mol. The highest BCUT2D eigenvalue weighted by atomic mass is 32.2. The lowest BCUT2D eigenvalue weighted by Gasteiger charge is -2.36. The minimum absolute atomic E-state index is 0.0159. The summed E-state index contributed by atoms with van der Waals surface area (Å²) in [5.74, 6) is 0.327. The number of carbonyl (C=O) groups is 2. The van der Waals surface area contributed by atoms with Crippen LogP contribution in [0, 0.1) is 0 Å². The summed E-state index contributed by atoms with van der Waals surface area (Å²) >= 11 is 1.64. The highest BCUT2D eigenvalue weighted by Gasteiger charge is 2.41. The van der Waals surface area contributed by atoms with Crippen molar-refractivity contribution in [1.82, 2.24) is 5.32 Å². The summed E-state index contributed by atoms with van der Waals surface area (Å²) in [7, 11) is 4.76. The van der Waals surface area contributed by atoms with E-state index in [4.69, 9.17) is 18.9 Å². The Morgan fingerprint density at radius 2 is 1.68 bits per heavy atom. The van der Waals surface area contributed by atoms with Crippen molar-refractivity contribution >= 4 is 23.5 Å². The van der Waals surface area contributed by atoms with Crippen LogP contribution >= 0.6 is 11.8 Å². The van der Waals surface area contributed by atoms with Crippen LogP contribution in [-0.4, -0.2) is 52.6 Å². The molecule has 0 saturated heterocycles. The van der Waals surface area contributed by atoms with Gasteiger partial charge in [0.2, 0.25) is 0 Å². The van der Waals surface area contributed by atoms with E-state index >= 15 is 0 Å². The van der Waals surface area contributed by atoms with Crippen LogP contribution in [0.1, 0.15) is 42.7 Å². The monoisotopic (exact) mass is 523 g/mol. The zero-order chi connectivity index (χ0) is 26.5. The van der Waals surface area contributed by atoms with Crippen LogP contribution in [-0.2, 0) is 19.1 Å². The van der Waals surface area contributed by atoms with E-state index in [0.29, 0.717) is 47.8 Å². The molecule has 4 rings (SSSR count). The third-order valence-corrected chi connectivity index (χ3v) is 7.64. The Morgan fingerprint density at radius 3 is 2.32 bits per heavy atom. The zero-order valence-electron chi connectivity index (χ0n) is 21.9. The number of Topliss-reactive ketones (excluding diaryl/α,β-unsaturated/α-hetero) is 1. The number of nitrogens with one attached hydrogen (secondary N) is 1. The maximum atomic E-state index is 13.8. The lowest BCUT2D eigenvalue weighted by molar-refractivity contribution is -0.140. The Bertz CT molecular complexity index is 1230. The Balaban J connectivity index is 1.73. The molecular formula is C29H33NO6S. The predicted octanol–water partition coefficient (Wildman–Crippen LogP) is 4.98.